The molecular weight excluding hydrogens is 176 g/mol. The van der Waals surface area contributed by atoms with Crippen LogP contribution in [0.4, 0.5) is 0 Å². The Labute approximate surface area is 84.9 Å². The average molecular weight is 194 g/mol. The van der Waals surface area contributed by atoms with Gasteiger partial charge < -0.3 is 9.84 Å². The molecule has 0 radical (unpaired) electrons. The van der Waals surface area contributed by atoms with Crippen molar-refractivity contribution in [2.45, 2.75) is 38.5 Å². The maximum absolute atomic E-state index is 5.31. The molecular formula is C11H18N2O. The molecule has 2 heterocycles. The Balaban J connectivity index is 2.07. The van der Waals surface area contributed by atoms with Gasteiger partial charge in [0.1, 0.15) is 5.76 Å². The highest BCUT2D eigenvalue weighted by Gasteiger charge is 2.19. The molecule has 3 nitrogen and oxygen atoms in total. The molecule has 0 amide bonds. The van der Waals surface area contributed by atoms with Crippen LogP contribution in [0.25, 0.3) is 0 Å². The Morgan fingerprint density at radius 2 is 2.14 bits per heavy atom. The second-order valence-corrected chi connectivity index (χ2v) is 4.33. The standard InChI is InChI=1S/C11H18N2O/c1-8(2)11-7-10(13-14-11)9-3-5-12-6-4-9/h7-9,12H,3-6H2,1-2H3. The minimum absolute atomic E-state index is 0.443. The van der Waals surface area contributed by atoms with Gasteiger partial charge >= 0.3 is 0 Å². The molecule has 0 unspecified atom stereocenters. The summed E-state index contributed by atoms with van der Waals surface area (Å²) in [6, 6.07) is 2.13. The number of nitrogens with one attached hydrogen (secondary N) is 1. The molecule has 0 atom stereocenters. The summed E-state index contributed by atoms with van der Waals surface area (Å²) in [7, 11) is 0. The van der Waals surface area contributed by atoms with E-state index >= 15 is 0 Å². The van der Waals surface area contributed by atoms with Gasteiger partial charge in [-0.1, -0.05) is 19.0 Å². The summed E-state index contributed by atoms with van der Waals surface area (Å²) in [5.41, 5.74) is 1.15. The van der Waals surface area contributed by atoms with Crippen molar-refractivity contribution in [1.82, 2.24) is 10.5 Å². The lowest BCUT2D eigenvalue weighted by Crippen LogP contribution is -2.26. The predicted octanol–water partition coefficient (Wildman–Crippen LogP) is 2.27. The Morgan fingerprint density at radius 3 is 2.71 bits per heavy atom. The highest BCUT2D eigenvalue weighted by atomic mass is 16.5. The van der Waals surface area contributed by atoms with E-state index in [0.29, 0.717) is 11.8 Å². The van der Waals surface area contributed by atoms with Crippen LogP contribution in [0.1, 0.15) is 50.0 Å². The maximum atomic E-state index is 5.31. The summed E-state index contributed by atoms with van der Waals surface area (Å²) in [5.74, 6) is 2.06. The van der Waals surface area contributed by atoms with Crippen LogP contribution in [0, 0.1) is 0 Å². The average Bonchev–Trinajstić information content (AvgIpc) is 2.68. The van der Waals surface area contributed by atoms with Gasteiger partial charge in [0.25, 0.3) is 0 Å². The van der Waals surface area contributed by atoms with Crippen molar-refractivity contribution < 1.29 is 4.52 Å². The molecule has 1 saturated heterocycles. The molecule has 3 heteroatoms. The number of nitrogens with zero attached hydrogens (tertiary/aromatic N) is 1. The Kier molecular flexibility index (Phi) is 2.87. The summed E-state index contributed by atoms with van der Waals surface area (Å²) in [4.78, 5) is 0. The number of piperidine rings is 1. The van der Waals surface area contributed by atoms with Crippen LogP contribution in [0.3, 0.4) is 0 Å². The molecule has 1 fully saturated rings. The van der Waals surface area contributed by atoms with Gasteiger partial charge in [0.15, 0.2) is 0 Å². The molecule has 1 N–H and O–H groups in total. The van der Waals surface area contributed by atoms with Gasteiger partial charge in [0, 0.05) is 17.9 Å². The Morgan fingerprint density at radius 1 is 1.43 bits per heavy atom. The van der Waals surface area contributed by atoms with Crippen LogP contribution < -0.4 is 5.32 Å². The second kappa shape index (κ2) is 4.13. The SMILES string of the molecule is CC(C)c1cc(C2CCNCC2)no1. The normalized spacial score (nSPS) is 19.1. The molecule has 0 spiro atoms. The first-order valence-corrected chi connectivity index (χ1v) is 5.44. The third-order valence-electron chi connectivity index (χ3n) is 2.87. The van der Waals surface area contributed by atoms with E-state index in [2.05, 4.69) is 30.4 Å². The first-order chi connectivity index (χ1) is 6.77. The van der Waals surface area contributed by atoms with Crippen molar-refractivity contribution in [3.8, 4) is 0 Å². The minimum atomic E-state index is 0.443. The fourth-order valence-electron chi connectivity index (χ4n) is 1.89. The zero-order valence-corrected chi connectivity index (χ0v) is 8.92. The maximum Gasteiger partial charge on any atom is 0.139 e. The first-order valence-electron chi connectivity index (χ1n) is 5.44. The number of hydrogen-bond acceptors (Lipinski definition) is 3. The van der Waals surface area contributed by atoms with Gasteiger partial charge in [-0.3, -0.25) is 0 Å². The lowest BCUT2D eigenvalue weighted by Gasteiger charge is -2.19. The third-order valence-corrected chi connectivity index (χ3v) is 2.87. The van der Waals surface area contributed by atoms with Crippen molar-refractivity contribution in [2.24, 2.45) is 0 Å². The molecule has 2 rings (SSSR count). The van der Waals surface area contributed by atoms with Gasteiger partial charge in [0.05, 0.1) is 5.69 Å². The quantitative estimate of drug-likeness (QED) is 0.784. The first kappa shape index (κ1) is 9.71. The van der Waals surface area contributed by atoms with E-state index in [9.17, 15) is 0 Å². The zero-order valence-electron chi connectivity index (χ0n) is 8.92. The number of rotatable bonds is 2. The lowest BCUT2D eigenvalue weighted by atomic mass is 9.94. The highest BCUT2D eigenvalue weighted by molar-refractivity contribution is 5.13. The molecule has 14 heavy (non-hydrogen) atoms. The topological polar surface area (TPSA) is 38.1 Å². The van der Waals surface area contributed by atoms with E-state index in [0.717, 1.165) is 24.5 Å². The van der Waals surface area contributed by atoms with Gasteiger partial charge in [-0.25, -0.2) is 0 Å². The largest absolute Gasteiger partial charge is 0.361 e. The number of hydrogen-bond donors (Lipinski definition) is 1. The summed E-state index contributed by atoms with van der Waals surface area (Å²) in [6.07, 6.45) is 2.37. The second-order valence-electron chi connectivity index (χ2n) is 4.33. The van der Waals surface area contributed by atoms with Gasteiger partial charge in [-0.05, 0) is 25.9 Å². The van der Waals surface area contributed by atoms with Crippen LogP contribution in [-0.2, 0) is 0 Å². The van der Waals surface area contributed by atoms with Crippen molar-refractivity contribution >= 4 is 0 Å². The van der Waals surface area contributed by atoms with Gasteiger partial charge in [-0.15, -0.1) is 0 Å². The molecule has 0 aliphatic carbocycles. The summed E-state index contributed by atoms with van der Waals surface area (Å²) >= 11 is 0. The van der Waals surface area contributed by atoms with E-state index in [4.69, 9.17) is 4.52 Å². The molecule has 0 bridgehead atoms. The van der Waals surface area contributed by atoms with Crippen molar-refractivity contribution in [3.63, 3.8) is 0 Å². The van der Waals surface area contributed by atoms with Crippen LogP contribution in [0.15, 0.2) is 10.6 Å². The summed E-state index contributed by atoms with van der Waals surface area (Å²) in [6.45, 7) is 6.47. The lowest BCUT2D eigenvalue weighted by molar-refractivity contribution is 0.353. The molecule has 78 valence electrons. The van der Waals surface area contributed by atoms with E-state index in [1.807, 2.05) is 0 Å². The van der Waals surface area contributed by atoms with E-state index in [1.54, 1.807) is 0 Å². The molecule has 1 aliphatic rings. The highest BCUT2D eigenvalue weighted by Crippen LogP contribution is 2.26. The Bertz CT molecular complexity index is 287. The Hall–Kier alpha value is -0.830. The van der Waals surface area contributed by atoms with Crippen LogP contribution in [-0.4, -0.2) is 18.2 Å². The zero-order chi connectivity index (χ0) is 9.97. The summed E-state index contributed by atoms with van der Waals surface area (Å²) in [5, 5.41) is 7.51. The molecule has 1 aromatic heterocycles. The van der Waals surface area contributed by atoms with Crippen LogP contribution >= 0.6 is 0 Å². The van der Waals surface area contributed by atoms with Crippen molar-refractivity contribution in [3.05, 3.63) is 17.5 Å². The summed E-state index contributed by atoms with van der Waals surface area (Å²) < 4.78 is 5.31. The monoisotopic (exact) mass is 194 g/mol. The van der Waals surface area contributed by atoms with Crippen LogP contribution in [0.2, 0.25) is 0 Å². The van der Waals surface area contributed by atoms with Gasteiger partial charge in [0.2, 0.25) is 0 Å². The van der Waals surface area contributed by atoms with E-state index < -0.39 is 0 Å². The van der Waals surface area contributed by atoms with Crippen molar-refractivity contribution in [1.29, 1.82) is 0 Å². The smallest absolute Gasteiger partial charge is 0.139 e. The molecule has 1 aromatic rings. The molecule has 0 aromatic carbocycles. The van der Waals surface area contributed by atoms with Crippen LogP contribution in [0.5, 0.6) is 0 Å². The third kappa shape index (κ3) is 1.98. The number of aromatic nitrogens is 1. The fourth-order valence-corrected chi connectivity index (χ4v) is 1.89. The predicted molar refractivity (Wildman–Crippen MR) is 55.4 cm³/mol. The molecule has 1 aliphatic heterocycles. The molecule has 0 saturated carbocycles. The van der Waals surface area contributed by atoms with E-state index in [-0.39, 0.29) is 0 Å². The van der Waals surface area contributed by atoms with Crippen molar-refractivity contribution in [2.75, 3.05) is 13.1 Å². The fraction of sp³-hybridized carbons (Fsp3) is 0.727. The van der Waals surface area contributed by atoms with E-state index in [1.165, 1.54) is 12.8 Å². The minimum Gasteiger partial charge on any atom is -0.361 e. The van der Waals surface area contributed by atoms with Gasteiger partial charge in [-0.2, -0.15) is 0 Å².